The Hall–Kier alpha value is -0.640. The molecule has 0 radical (unpaired) electrons. The highest BCUT2D eigenvalue weighted by Gasteiger charge is 2.08. The standard InChI is InChI=1S/C5H8N2OS/c1-3(2)4-6-5(9)8-7-4/h3H,1-2H3,(H,6,7,9)/p+1. The van der Waals surface area contributed by atoms with Crippen molar-refractivity contribution >= 4 is 12.2 Å². The van der Waals surface area contributed by atoms with E-state index < -0.39 is 0 Å². The number of rotatable bonds is 1. The minimum absolute atomic E-state index is 0.402. The predicted octanol–water partition coefficient (Wildman–Crippen LogP) is 1.27. The minimum Gasteiger partial charge on any atom is -0.247 e. The lowest BCUT2D eigenvalue weighted by Crippen LogP contribution is -2.08. The second-order valence-electron chi connectivity index (χ2n) is 2.18. The van der Waals surface area contributed by atoms with Crippen LogP contribution in [0.15, 0.2) is 4.52 Å². The molecule has 1 heterocycles. The number of aromatic nitrogens is 2. The zero-order chi connectivity index (χ0) is 6.85. The van der Waals surface area contributed by atoms with E-state index in [1.807, 2.05) is 13.8 Å². The van der Waals surface area contributed by atoms with Gasteiger partial charge in [0.25, 0.3) is 5.82 Å². The summed E-state index contributed by atoms with van der Waals surface area (Å²) in [4.78, 5) is 3.27. The molecule has 0 unspecified atom stereocenters. The van der Waals surface area contributed by atoms with Crippen LogP contribution >= 0.6 is 12.2 Å². The van der Waals surface area contributed by atoms with Gasteiger partial charge in [0, 0.05) is 12.2 Å². The van der Waals surface area contributed by atoms with E-state index >= 15 is 0 Å². The smallest absolute Gasteiger partial charge is 0.247 e. The normalized spacial score (nSPS) is 10.6. The van der Waals surface area contributed by atoms with Gasteiger partial charge in [-0.15, -0.1) is 0 Å². The van der Waals surface area contributed by atoms with Crippen LogP contribution in [0.4, 0.5) is 0 Å². The van der Waals surface area contributed by atoms with Crippen LogP contribution in [0.3, 0.4) is 0 Å². The summed E-state index contributed by atoms with van der Waals surface area (Å²) in [5.74, 6) is 1.34. The van der Waals surface area contributed by atoms with E-state index in [0.717, 1.165) is 5.82 Å². The van der Waals surface area contributed by atoms with Crippen molar-refractivity contribution in [2.24, 2.45) is 0 Å². The van der Waals surface area contributed by atoms with Gasteiger partial charge in [-0.3, -0.25) is 0 Å². The Morgan fingerprint density at radius 3 is 2.56 bits per heavy atom. The molecule has 3 nitrogen and oxygen atoms in total. The van der Waals surface area contributed by atoms with Crippen LogP contribution < -0.4 is 4.98 Å². The highest BCUT2D eigenvalue weighted by molar-refractivity contribution is 7.71. The minimum atomic E-state index is 0.402. The molecule has 9 heavy (non-hydrogen) atoms. The molecule has 0 aromatic carbocycles. The Morgan fingerprint density at radius 2 is 2.33 bits per heavy atom. The first-order chi connectivity index (χ1) is 4.20. The summed E-state index contributed by atoms with van der Waals surface area (Å²) in [5, 5.41) is 2.67. The molecule has 0 amide bonds. The second kappa shape index (κ2) is 2.31. The third kappa shape index (κ3) is 1.38. The van der Waals surface area contributed by atoms with Crippen LogP contribution in [0.2, 0.25) is 0 Å². The number of H-pyrrole nitrogens is 2. The number of hydrogen-bond acceptors (Lipinski definition) is 2. The molecule has 0 aliphatic rings. The molecule has 1 aromatic heterocycles. The Balaban J connectivity index is 2.98. The van der Waals surface area contributed by atoms with Crippen LogP contribution in [-0.2, 0) is 0 Å². The summed E-state index contributed by atoms with van der Waals surface area (Å²) in [5.41, 5.74) is 0. The molecule has 50 valence electrons. The maximum absolute atomic E-state index is 4.76. The number of aromatic amines is 2. The van der Waals surface area contributed by atoms with Gasteiger partial charge in [-0.1, -0.05) is 19.0 Å². The van der Waals surface area contributed by atoms with Crippen molar-refractivity contribution in [2.45, 2.75) is 19.8 Å². The van der Waals surface area contributed by atoms with Gasteiger partial charge in [-0.2, -0.15) is 4.98 Å². The van der Waals surface area contributed by atoms with E-state index in [9.17, 15) is 0 Å². The fourth-order valence-electron chi connectivity index (χ4n) is 0.525. The van der Waals surface area contributed by atoms with Crippen molar-refractivity contribution in [1.82, 2.24) is 5.16 Å². The maximum atomic E-state index is 4.76. The van der Waals surface area contributed by atoms with Crippen molar-refractivity contribution in [3.63, 3.8) is 0 Å². The molecule has 0 fully saturated rings. The molecule has 0 bridgehead atoms. The third-order valence-electron chi connectivity index (χ3n) is 1.07. The van der Waals surface area contributed by atoms with Gasteiger partial charge < -0.3 is 0 Å². The molecule has 2 N–H and O–H groups in total. The van der Waals surface area contributed by atoms with Crippen molar-refractivity contribution < 1.29 is 9.51 Å². The Kier molecular flexibility index (Phi) is 1.66. The van der Waals surface area contributed by atoms with Crippen LogP contribution in [0, 0.1) is 4.84 Å². The molecular formula is C5H9N2OS+. The molecule has 1 aromatic rings. The summed E-state index contributed by atoms with van der Waals surface area (Å²) >= 11 is 4.70. The number of nitrogens with one attached hydrogen (secondary N) is 2. The molecular weight excluding hydrogens is 136 g/mol. The Morgan fingerprint density at radius 1 is 1.67 bits per heavy atom. The monoisotopic (exact) mass is 145 g/mol. The van der Waals surface area contributed by atoms with Crippen molar-refractivity contribution in [2.75, 3.05) is 0 Å². The SMILES string of the molecule is CC(C)c1[nH]oc(=S)[nH+]1. The first-order valence-corrected chi connectivity index (χ1v) is 3.21. The zero-order valence-corrected chi connectivity index (χ0v) is 6.21. The van der Waals surface area contributed by atoms with Gasteiger partial charge in [-0.25, -0.2) is 4.52 Å². The quantitative estimate of drug-likeness (QED) is 0.605. The molecule has 0 atom stereocenters. The van der Waals surface area contributed by atoms with Crippen LogP contribution in [0.5, 0.6) is 0 Å². The third-order valence-corrected chi connectivity index (χ3v) is 1.25. The summed E-state index contributed by atoms with van der Waals surface area (Å²) in [6.07, 6.45) is 0. The lowest BCUT2D eigenvalue weighted by Gasteiger charge is -1.86. The first kappa shape index (κ1) is 6.48. The van der Waals surface area contributed by atoms with E-state index in [1.165, 1.54) is 0 Å². The van der Waals surface area contributed by atoms with E-state index in [0.29, 0.717) is 10.8 Å². The lowest BCUT2D eigenvalue weighted by atomic mass is 10.2. The molecule has 1 rings (SSSR count). The Bertz CT molecular complexity index is 237. The lowest BCUT2D eigenvalue weighted by molar-refractivity contribution is -0.406. The fourth-order valence-corrected chi connectivity index (χ4v) is 0.676. The fraction of sp³-hybridized carbons (Fsp3) is 0.600. The highest BCUT2D eigenvalue weighted by atomic mass is 32.1. The van der Waals surface area contributed by atoms with Crippen molar-refractivity contribution in [1.29, 1.82) is 0 Å². The molecule has 0 saturated carbocycles. The first-order valence-electron chi connectivity index (χ1n) is 2.81. The van der Waals surface area contributed by atoms with Crippen LogP contribution in [0.1, 0.15) is 25.6 Å². The summed E-state index contributed by atoms with van der Waals surface area (Å²) in [6.45, 7) is 4.10. The van der Waals surface area contributed by atoms with Gasteiger partial charge in [0.05, 0.1) is 5.92 Å². The van der Waals surface area contributed by atoms with Gasteiger partial charge in [0.15, 0.2) is 0 Å². The van der Waals surface area contributed by atoms with Gasteiger partial charge in [0.2, 0.25) is 0 Å². The van der Waals surface area contributed by atoms with Gasteiger partial charge >= 0.3 is 4.84 Å². The number of hydrogen-bond donors (Lipinski definition) is 1. The van der Waals surface area contributed by atoms with E-state index in [1.54, 1.807) is 0 Å². The van der Waals surface area contributed by atoms with Crippen LogP contribution in [0.25, 0.3) is 0 Å². The van der Waals surface area contributed by atoms with E-state index in [4.69, 9.17) is 16.7 Å². The summed E-state index contributed by atoms with van der Waals surface area (Å²) in [6, 6.07) is 0. The average Bonchev–Trinajstić information content (AvgIpc) is 2.14. The predicted molar refractivity (Wildman–Crippen MR) is 34.5 cm³/mol. The maximum Gasteiger partial charge on any atom is 0.400 e. The molecule has 4 heteroatoms. The largest absolute Gasteiger partial charge is 0.400 e. The van der Waals surface area contributed by atoms with Crippen LogP contribution in [-0.4, -0.2) is 5.16 Å². The average molecular weight is 145 g/mol. The molecule has 0 aliphatic heterocycles. The highest BCUT2D eigenvalue weighted by Crippen LogP contribution is 2.02. The second-order valence-corrected chi connectivity index (χ2v) is 2.56. The molecule has 0 aliphatic carbocycles. The van der Waals surface area contributed by atoms with Gasteiger partial charge in [0.1, 0.15) is 0 Å². The zero-order valence-electron chi connectivity index (χ0n) is 5.39. The van der Waals surface area contributed by atoms with E-state index in [-0.39, 0.29) is 0 Å². The van der Waals surface area contributed by atoms with E-state index in [2.05, 4.69) is 10.1 Å². The summed E-state index contributed by atoms with van der Waals surface area (Å²) < 4.78 is 4.76. The summed E-state index contributed by atoms with van der Waals surface area (Å²) in [7, 11) is 0. The van der Waals surface area contributed by atoms with Gasteiger partial charge in [-0.05, 0) is 0 Å². The molecule has 0 saturated heterocycles. The molecule has 0 spiro atoms. The van der Waals surface area contributed by atoms with Crippen molar-refractivity contribution in [3.05, 3.63) is 10.7 Å². The topological polar surface area (TPSA) is 43.1 Å². The van der Waals surface area contributed by atoms with Crippen molar-refractivity contribution in [3.8, 4) is 0 Å². The Labute approximate surface area is 58.1 Å².